The van der Waals surface area contributed by atoms with E-state index in [4.69, 9.17) is 4.74 Å². The van der Waals surface area contributed by atoms with Gasteiger partial charge in [0.1, 0.15) is 6.10 Å². The van der Waals surface area contributed by atoms with Crippen LogP contribution >= 0.6 is 0 Å². The number of ether oxygens (including phenoxy) is 1. The highest BCUT2D eigenvalue weighted by Gasteiger charge is 2.37. The van der Waals surface area contributed by atoms with Gasteiger partial charge in [0, 0.05) is 12.6 Å². The van der Waals surface area contributed by atoms with Gasteiger partial charge < -0.3 is 4.74 Å². The van der Waals surface area contributed by atoms with Gasteiger partial charge in [-0.3, -0.25) is 5.32 Å². The molecule has 0 aromatic heterocycles. The van der Waals surface area contributed by atoms with Gasteiger partial charge in [-0.05, 0) is 81.5 Å². The molecule has 3 heteroatoms. The molecular weight excluding hydrogens is 433 g/mol. The van der Waals surface area contributed by atoms with Crippen molar-refractivity contribution in [2.45, 2.75) is 174 Å². The second kappa shape index (κ2) is 17.4. The fourth-order valence-electron chi connectivity index (χ4n) is 7.55. The zero-order valence-corrected chi connectivity index (χ0v) is 23.6. The van der Waals surface area contributed by atoms with Gasteiger partial charge in [0.25, 0.3) is 0 Å². The molecule has 3 aliphatic rings. The Labute approximate surface area is 218 Å². The van der Waals surface area contributed by atoms with Crippen molar-refractivity contribution in [2.75, 3.05) is 6.61 Å². The third-order valence-corrected chi connectivity index (χ3v) is 9.95. The van der Waals surface area contributed by atoms with E-state index in [9.17, 15) is 4.39 Å². The topological polar surface area (TPSA) is 21.3 Å². The molecule has 0 aromatic rings. The highest BCUT2D eigenvalue weighted by Crippen LogP contribution is 2.43. The molecule has 1 N–H and O–H groups in total. The van der Waals surface area contributed by atoms with Crippen molar-refractivity contribution in [3.8, 4) is 0 Å². The molecule has 3 rings (SSSR count). The fourth-order valence-corrected chi connectivity index (χ4v) is 7.55. The van der Waals surface area contributed by atoms with Crippen molar-refractivity contribution < 1.29 is 9.13 Å². The van der Waals surface area contributed by atoms with Crippen LogP contribution in [0.4, 0.5) is 4.39 Å². The predicted molar refractivity (Wildman–Crippen MR) is 148 cm³/mol. The standard InChI is InChI=1S/C32H60FNO/c1-3-5-7-8-9-10-11-13-25-35-31-24-23-30(34-32(31)33)29-21-19-28(20-22-29)27-17-15-26(16-18-27)14-12-6-4-2/h26-32,34H,3-25H2,1-2H3. The second-order valence-corrected chi connectivity index (χ2v) is 12.6. The quantitative estimate of drug-likeness (QED) is 0.171. The number of rotatable bonds is 16. The van der Waals surface area contributed by atoms with E-state index in [1.807, 2.05) is 0 Å². The monoisotopic (exact) mass is 493 g/mol. The lowest BCUT2D eigenvalue weighted by molar-refractivity contribution is -0.0518. The summed E-state index contributed by atoms with van der Waals surface area (Å²) in [4.78, 5) is 0. The van der Waals surface area contributed by atoms with Crippen LogP contribution in [0.5, 0.6) is 0 Å². The fraction of sp³-hybridized carbons (Fsp3) is 1.00. The third kappa shape index (κ3) is 10.6. The Kier molecular flexibility index (Phi) is 14.6. The van der Waals surface area contributed by atoms with Crippen LogP contribution in [-0.4, -0.2) is 25.0 Å². The van der Waals surface area contributed by atoms with Crippen LogP contribution in [0.15, 0.2) is 0 Å². The van der Waals surface area contributed by atoms with Crippen LogP contribution < -0.4 is 5.32 Å². The summed E-state index contributed by atoms with van der Waals surface area (Å²) < 4.78 is 20.9. The van der Waals surface area contributed by atoms with Gasteiger partial charge in [0.15, 0.2) is 6.30 Å². The molecule has 206 valence electrons. The largest absolute Gasteiger partial charge is 0.374 e. The maximum absolute atomic E-state index is 14.9. The van der Waals surface area contributed by atoms with E-state index >= 15 is 0 Å². The zero-order chi connectivity index (χ0) is 24.7. The molecule has 1 aliphatic heterocycles. The average Bonchev–Trinajstić information content (AvgIpc) is 2.89. The van der Waals surface area contributed by atoms with E-state index in [-0.39, 0.29) is 6.10 Å². The molecule has 35 heavy (non-hydrogen) atoms. The smallest absolute Gasteiger partial charge is 0.177 e. The molecule has 1 saturated heterocycles. The Morgan fingerprint density at radius 1 is 0.600 bits per heavy atom. The van der Waals surface area contributed by atoms with E-state index < -0.39 is 6.30 Å². The highest BCUT2D eigenvalue weighted by atomic mass is 19.1. The van der Waals surface area contributed by atoms with E-state index in [1.54, 1.807) is 0 Å². The van der Waals surface area contributed by atoms with Crippen molar-refractivity contribution in [2.24, 2.45) is 23.7 Å². The van der Waals surface area contributed by atoms with E-state index in [0.717, 1.165) is 43.6 Å². The van der Waals surface area contributed by atoms with Gasteiger partial charge in [-0.15, -0.1) is 0 Å². The van der Waals surface area contributed by atoms with Gasteiger partial charge in [0.2, 0.25) is 0 Å². The number of hydrogen-bond donors (Lipinski definition) is 1. The van der Waals surface area contributed by atoms with E-state index in [1.165, 1.54) is 122 Å². The summed E-state index contributed by atoms with van der Waals surface area (Å²) in [7, 11) is 0. The molecule has 0 spiro atoms. The molecule has 0 amide bonds. The summed E-state index contributed by atoms with van der Waals surface area (Å²) in [5.74, 6) is 3.65. The molecule has 3 unspecified atom stereocenters. The first-order valence-corrected chi connectivity index (χ1v) is 16.2. The summed E-state index contributed by atoms with van der Waals surface area (Å²) in [6, 6.07) is 0.378. The SMILES string of the molecule is CCCCCCCCCCOC1CCC(C2CCC(C3CCC(CCCCC)CC3)CC2)NC1F. The van der Waals surface area contributed by atoms with Crippen LogP contribution in [0.1, 0.15) is 155 Å². The third-order valence-electron chi connectivity index (χ3n) is 9.95. The lowest BCUT2D eigenvalue weighted by atomic mass is 9.67. The van der Waals surface area contributed by atoms with Gasteiger partial charge >= 0.3 is 0 Å². The predicted octanol–water partition coefficient (Wildman–Crippen LogP) is 9.75. The van der Waals surface area contributed by atoms with Crippen LogP contribution in [0.2, 0.25) is 0 Å². The zero-order valence-electron chi connectivity index (χ0n) is 23.6. The molecule has 0 radical (unpaired) electrons. The molecule has 2 saturated carbocycles. The number of halogens is 1. The number of piperidine rings is 1. The molecule has 1 heterocycles. The summed E-state index contributed by atoms with van der Waals surface area (Å²) >= 11 is 0. The Balaban J connectivity index is 1.23. The Morgan fingerprint density at radius 3 is 1.77 bits per heavy atom. The van der Waals surface area contributed by atoms with Crippen molar-refractivity contribution in [1.82, 2.24) is 5.32 Å². The minimum Gasteiger partial charge on any atom is -0.374 e. The number of alkyl halides is 1. The Morgan fingerprint density at radius 2 is 1.14 bits per heavy atom. The Hall–Kier alpha value is -0.150. The molecule has 0 aromatic carbocycles. The van der Waals surface area contributed by atoms with Gasteiger partial charge in [-0.2, -0.15) is 0 Å². The van der Waals surface area contributed by atoms with Crippen molar-refractivity contribution >= 4 is 0 Å². The number of nitrogens with one attached hydrogen (secondary N) is 1. The lowest BCUT2D eigenvalue weighted by Crippen LogP contribution is -2.52. The van der Waals surface area contributed by atoms with E-state index in [0.29, 0.717) is 12.0 Å². The first-order chi connectivity index (χ1) is 17.2. The van der Waals surface area contributed by atoms with Crippen LogP contribution in [0.25, 0.3) is 0 Å². The molecule has 3 fully saturated rings. The normalized spacial score (nSPS) is 34.2. The maximum atomic E-state index is 14.9. The maximum Gasteiger partial charge on any atom is 0.177 e. The van der Waals surface area contributed by atoms with Crippen molar-refractivity contribution in [3.05, 3.63) is 0 Å². The van der Waals surface area contributed by atoms with Crippen molar-refractivity contribution in [1.29, 1.82) is 0 Å². The number of unbranched alkanes of at least 4 members (excludes halogenated alkanes) is 9. The van der Waals surface area contributed by atoms with Gasteiger partial charge in [-0.1, -0.05) is 97.3 Å². The van der Waals surface area contributed by atoms with Crippen LogP contribution in [-0.2, 0) is 4.74 Å². The molecule has 0 bridgehead atoms. The van der Waals surface area contributed by atoms with E-state index in [2.05, 4.69) is 19.2 Å². The van der Waals surface area contributed by atoms with Crippen LogP contribution in [0.3, 0.4) is 0 Å². The molecule has 2 aliphatic carbocycles. The minimum absolute atomic E-state index is 0.223. The van der Waals surface area contributed by atoms with Crippen molar-refractivity contribution in [3.63, 3.8) is 0 Å². The molecule has 2 nitrogen and oxygen atoms in total. The molecular formula is C32H60FNO. The van der Waals surface area contributed by atoms with Crippen LogP contribution in [0, 0.1) is 23.7 Å². The first kappa shape index (κ1) is 29.4. The highest BCUT2D eigenvalue weighted by molar-refractivity contribution is 4.90. The number of hydrogen-bond acceptors (Lipinski definition) is 2. The van der Waals surface area contributed by atoms with Gasteiger partial charge in [0.05, 0.1) is 0 Å². The Bertz CT molecular complexity index is 512. The summed E-state index contributed by atoms with van der Waals surface area (Å²) in [6.07, 6.45) is 28.3. The first-order valence-electron chi connectivity index (χ1n) is 16.2. The summed E-state index contributed by atoms with van der Waals surface area (Å²) in [5.41, 5.74) is 0. The van der Waals surface area contributed by atoms with Gasteiger partial charge in [-0.25, -0.2) is 4.39 Å². The molecule has 3 atom stereocenters. The minimum atomic E-state index is -0.969. The second-order valence-electron chi connectivity index (χ2n) is 12.6. The average molecular weight is 494 g/mol. The summed E-state index contributed by atoms with van der Waals surface area (Å²) in [6.45, 7) is 5.32. The summed E-state index contributed by atoms with van der Waals surface area (Å²) in [5, 5.41) is 3.35. The lowest BCUT2D eigenvalue weighted by Gasteiger charge is -2.42.